The van der Waals surface area contributed by atoms with Gasteiger partial charge in [0.15, 0.2) is 0 Å². The number of methoxy groups -OCH3 is 2. The second-order valence-electron chi connectivity index (χ2n) is 9.04. The minimum atomic E-state index is -1.01. The van der Waals surface area contributed by atoms with Gasteiger partial charge in [0.25, 0.3) is 11.8 Å². The van der Waals surface area contributed by atoms with Gasteiger partial charge in [-0.15, -0.1) is 0 Å². The Kier molecular flexibility index (Phi) is 9.68. The average Bonchev–Trinajstić information content (AvgIpc) is 3.45. The number of carbonyl (C=O) groups is 5. The molecule has 1 aromatic carbocycles. The predicted octanol–water partition coefficient (Wildman–Crippen LogP) is 1.60. The summed E-state index contributed by atoms with van der Waals surface area (Å²) in [5.41, 5.74) is 8.30. The van der Waals surface area contributed by atoms with Gasteiger partial charge in [0.2, 0.25) is 5.91 Å². The van der Waals surface area contributed by atoms with Crippen molar-refractivity contribution in [3.05, 3.63) is 65.7 Å². The lowest BCUT2D eigenvalue weighted by Crippen LogP contribution is -2.42. The summed E-state index contributed by atoms with van der Waals surface area (Å²) in [5, 5.41) is 8.10. The molecule has 40 heavy (non-hydrogen) atoms. The molecule has 0 radical (unpaired) electrons. The summed E-state index contributed by atoms with van der Waals surface area (Å²) in [4.78, 5) is 61.6. The van der Waals surface area contributed by atoms with Crippen molar-refractivity contribution in [1.82, 2.24) is 14.5 Å². The van der Waals surface area contributed by atoms with Gasteiger partial charge in [-0.05, 0) is 36.2 Å². The molecule has 212 valence electrons. The highest BCUT2D eigenvalue weighted by molar-refractivity contribution is 6.07. The van der Waals surface area contributed by atoms with E-state index in [0.717, 1.165) is 0 Å². The Labute approximate surface area is 230 Å². The minimum Gasteiger partial charge on any atom is -0.469 e. The first-order chi connectivity index (χ1) is 19.0. The first-order valence-electron chi connectivity index (χ1n) is 12.2. The molecule has 3 rings (SSSR count). The maximum absolute atomic E-state index is 13.0. The van der Waals surface area contributed by atoms with Crippen LogP contribution in [0.5, 0.6) is 0 Å². The van der Waals surface area contributed by atoms with Gasteiger partial charge in [-0.3, -0.25) is 19.2 Å². The summed E-state index contributed by atoms with van der Waals surface area (Å²) < 4.78 is 12.5. The van der Waals surface area contributed by atoms with E-state index < -0.39 is 29.8 Å². The number of rotatable bonds is 11. The molecule has 0 aliphatic rings. The molecule has 0 aliphatic heterocycles. The summed E-state index contributed by atoms with van der Waals surface area (Å²) in [6, 6.07) is 8.75. The van der Waals surface area contributed by atoms with E-state index in [4.69, 9.17) is 10.5 Å². The summed E-state index contributed by atoms with van der Waals surface area (Å²) in [5.74, 6) is -2.46. The number of ether oxygens (including phenoxy) is 2. The van der Waals surface area contributed by atoms with Gasteiger partial charge in [0.05, 0.1) is 32.0 Å². The number of hydrogen-bond donors (Lipinski definition) is 4. The second kappa shape index (κ2) is 13.1. The van der Waals surface area contributed by atoms with E-state index in [1.807, 2.05) is 0 Å². The van der Waals surface area contributed by atoms with E-state index in [9.17, 15) is 24.0 Å². The molecular formula is C27H32N6O7. The van der Waals surface area contributed by atoms with E-state index in [1.165, 1.54) is 20.3 Å². The van der Waals surface area contributed by atoms with Crippen LogP contribution in [0.4, 0.5) is 17.1 Å². The lowest BCUT2D eigenvalue weighted by Gasteiger charge is -2.16. The van der Waals surface area contributed by atoms with Crippen LogP contribution in [-0.2, 0) is 44.4 Å². The van der Waals surface area contributed by atoms with Crippen LogP contribution >= 0.6 is 0 Å². The molecule has 13 nitrogen and oxygen atoms in total. The van der Waals surface area contributed by atoms with Crippen molar-refractivity contribution < 1.29 is 33.4 Å². The van der Waals surface area contributed by atoms with Crippen LogP contribution in [0.25, 0.3) is 0 Å². The van der Waals surface area contributed by atoms with E-state index in [-0.39, 0.29) is 30.9 Å². The van der Waals surface area contributed by atoms with Crippen LogP contribution in [0.3, 0.4) is 0 Å². The van der Waals surface area contributed by atoms with Gasteiger partial charge >= 0.3 is 11.9 Å². The average molecular weight is 553 g/mol. The Hall–Kier alpha value is -5.07. The van der Waals surface area contributed by atoms with Crippen molar-refractivity contribution in [2.45, 2.75) is 25.3 Å². The molecular weight excluding hydrogens is 520 g/mol. The Morgan fingerprint density at radius 3 is 2.15 bits per heavy atom. The van der Waals surface area contributed by atoms with E-state index in [1.54, 1.807) is 66.0 Å². The summed E-state index contributed by atoms with van der Waals surface area (Å²) >= 11 is 0. The maximum atomic E-state index is 13.0. The summed E-state index contributed by atoms with van der Waals surface area (Å²) in [6.07, 6.45) is 3.11. The Balaban J connectivity index is 1.62. The number of aromatic nitrogens is 2. The first kappa shape index (κ1) is 29.5. The SMILES string of the molecule is COC(=O)CCC(NC(=O)Cc1cccc(NC(=O)c2cc(NC(=O)c3cc(N)cn3C)cn2C)c1)C(=O)OC. The van der Waals surface area contributed by atoms with Crippen LogP contribution < -0.4 is 21.7 Å². The highest BCUT2D eigenvalue weighted by atomic mass is 16.5. The van der Waals surface area contributed by atoms with Gasteiger partial charge in [0.1, 0.15) is 17.4 Å². The van der Waals surface area contributed by atoms with Crippen LogP contribution in [0, 0.1) is 0 Å². The molecule has 0 bridgehead atoms. The third-order valence-corrected chi connectivity index (χ3v) is 5.99. The fourth-order valence-electron chi connectivity index (χ4n) is 4.01. The van der Waals surface area contributed by atoms with Crippen molar-refractivity contribution in [2.24, 2.45) is 14.1 Å². The van der Waals surface area contributed by atoms with E-state index in [2.05, 4.69) is 20.7 Å². The van der Waals surface area contributed by atoms with Crippen LogP contribution in [-0.4, -0.2) is 59.1 Å². The zero-order valence-electron chi connectivity index (χ0n) is 22.6. The molecule has 2 heterocycles. The highest BCUT2D eigenvalue weighted by Crippen LogP contribution is 2.18. The van der Waals surface area contributed by atoms with Crippen LogP contribution in [0.1, 0.15) is 39.4 Å². The summed E-state index contributed by atoms with van der Waals surface area (Å²) in [7, 11) is 5.80. The Morgan fingerprint density at radius 1 is 0.875 bits per heavy atom. The van der Waals surface area contributed by atoms with Gasteiger partial charge in [-0.1, -0.05) is 12.1 Å². The minimum absolute atomic E-state index is 0.0273. The number of benzene rings is 1. The monoisotopic (exact) mass is 552 g/mol. The molecule has 1 unspecified atom stereocenters. The molecule has 0 spiro atoms. The standard InChI is InChI=1S/C27H32N6O7/c1-32-14-17(28)12-21(32)25(36)30-19-13-22(33(2)15-19)26(37)29-18-7-5-6-16(10-18)11-23(34)31-20(27(38)40-4)8-9-24(35)39-3/h5-7,10,12-15,20H,8-9,11,28H2,1-4H3,(H,29,37)(H,30,36)(H,31,34). The van der Waals surface area contributed by atoms with Crippen LogP contribution in [0.2, 0.25) is 0 Å². The number of nitrogens with one attached hydrogen (secondary N) is 3. The highest BCUT2D eigenvalue weighted by Gasteiger charge is 2.23. The Morgan fingerprint density at radius 2 is 1.52 bits per heavy atom. The molecule has 3 aromatic rings. The third-order valence-electron chi connectivity index (χ3n) is 5.99. The molecule has 2 aromatic heterocycles. The molecule has 0 aliphatic carbocycles. The van der Waals surface area contributed by atoms with Gasteiger partial charge in [0, 0.05) is 38.6 Å². The first-order valence-corrected chi connectivity index (χ1v) is 12.2. The zero-order chi connectivity index (χ0) is 29.4. The van der Waals surface area contributed by atoms with Gasteiger partial charge in [-0.2, -0.15) is 0 Å². The zero-order valence-corrected chi connectivity index (χ0v) is 22.6. The lowest BCUT2D eigenvalue weighted by atomic mass is 10.1. The normalized spacial score (nSPS) is 11.3. The van der Waals surface area contributed by atoms with E-state index in [0.29, 0.717) is 28.3 Å². The number of nitrogens with zero attached hydrogens (tertiary/aromatic N) is 2. The van der Waals surface area contributed by atoms with Crippen molar-refractivity contribution in [1.29, 1.82) is 0 Å². The predicted molar refractivity (Wildman–Crippen MR) is 146 cm³/mol. The third kappa shape index (κ3) is 7.72. The summed E-state index contributed by atoms with van der Waals surface area (Å²) in [6.45, 7) is 0. The number of aryl methyl sites for hydroxylation is 2. The quantitative estimate of drug-likeness (QED) is 0.259. The molecule has 13 heteroatoms. The second-order valence-corrected chi connectivity index (χ2v) is 9.04. The van der Waals surface area contributed by atoms with Crippen molar-refractivity contribution in [3.63, 3.8) is 0 Å². The number of hydrogen-bond acceptors (Lipinski definition) is 8. The molecule has 0 fully saturated rings. The Bertz CT molecular complexity index is 1420. The number of esters is 2. The largest absolute Gasteiger partial charge is 0.469 e. The van der Waals surface area contributed by atoms with Crippen molar-refractivity contribution in [2.75, 3.05) is 30.6 Å². The molecule has 5 N–H and O–H groups in total. The number of carbonyl (C=O) groups excluding carboxylic acids is 5. The van der Waals surface area contributed by atoms with Crippen LogP contribution in [0.15, 0.2) is 48.8 Å². The maximum Gasteiger partial charge on any atom is 0.328 e. The molecule has 3 amide bonds. The van der Waals surface area contributed by atoms with Gasteiger partial charge in [-0.25, -0.2) is 4.79 Å². The molecule has 1 atom stereocenters. The van der Waals surface area contributed by atoms with Crippen molar-refractivity contribution >= 4 is 46.7 Å². The van der Waals surface area contributed by atoms with E-state index >= 15 is 0 Å². The molecule has 0 saturated carbocycles. The fourth-order valence-corrected chi connectivity index (χ4v) is 4.01. The number of anilines is 3. The number of nitrogen functional groups attached to an aromatic ring is 1. The fraction of sp³-hybridized carbons (Fsp3) is 0.296. The lowest BCUT2D eigenvalue weighted by molar-refractivity contribution is -0.146. The molecule has 0 saturated heterocycles. The smallest absolute Gasteiger partial charge is 0.328 e. The topological polar surface area (TPSA) is 176 Å². The number of nitrogens with two attached hydrogens (primary N) is 1. The van der Waals surface area contributed by atoms with Crippen molar-refractivity contribution in [3.8, 4) is 0 Å². The number of amides is 3. The van der Waals surface area contributed by atoms with Gasteiger partial charge < -0.3 is 40.3 Å².